The first-order valence-electron chi connectivity index (χ1n) is 11.3. The Kier molecular flexibility index (Phi) is 7.19. The van der Waals surface area contributed by atoms with Crippen LogP contribution in [0.3, 0.4) is 0 Å². The van der Waals surface area contributed by atoms with Crippen LogP contribution in [0.4, 0.5) is 0 Å². The maximum atomic E-state index is 12.3. The van der Waals surface area contributed by atoms with E-state index in [4.69, 9.17) is 4.74 Å². The van der Waals surface area contributed by atoms with Crippen LogP contribution in [0.15, 0.2) is 53.3 Å². The Labute approximate surface area is 188 Å². The molecule has 3 aromatic rings. The van der Waals surface area contributed by atoms with Crippen molar-refractivity contribution >= 4 is 10.9 Å². The fraction of sp³-hybridized carbons (Fsp3) is 0.440. The lowest BCUT2D eigenvalue weighted by atomic mass is 10.0. The number of para-hydroxylation sites is 2. The molecular weight excluding hydrogens is 404 g/mol. The van der Waals surface area contributed by atoms with Crippen molar-refractivity contribution in [2.24, 2.45) is 0 Å². The number of aromatic nitrogens is 2. The number of hydrogen-bond donors (Lipinski definition) is 2. The molecular formula is C25H32N4O3. The van der Waals surface area contributed by atoms with Gasteiger partial charge in [-0.3, -0.25) is 14.6 Å². The van der Waals surface area contributed by atoms with Gasteiger partial charge in [0.2, 0.25) is 0 Å². The highest BCUT2D eigenvalue weighted by atomic mass is 16.5. The maximum absolute atomic E-state index is 12.3. The monoisotopic (exact) mass is 436 g/mol. The van der Waals surface area contributed by atoms with Gasteiger partial charge in [0.15, 0.2) is 0 Å². The first-order chi connectivity index (χ1) is 15.5. The summed E-state index contributed by atoms with van der Waals surface area (Å²) in [7, 11) is 0. The Bertz CT molecular complexity index is 1090. The van der Waals surface area contributed by atoms with E-state index in [0.29, 0.717) is 30.2 Å². The largest absolute Gasteiger partial charge is 0.491 e. The van der Waals surface area contributed by atoms with E-state index in [9.17, 15) is 9.90 Å². The lowest BCUT2D eigenvalue weighted by Crippen LogP contribution is -2.49. The van der Waals surface area contributed by atoms with Crippen molar-refractivity contribution in [1.29, 1.82) is 0 Å². The fourth-order valence-electron chi connectivity index (χ4n) is 4.18. The molecule has 0 bridgehead atoms. The first kappa shape index (κ1) is 22.5. The van der Waals surface area contributed by atoms with Crippen LogP contribution in [0.5, 0.6) is 5.75 Å². The van der Waals surface area contributed by atoms with E-state index in [1.165, 1.54) is 0 Å². The molecule has 2 N–H and O–H groups in total. The summed E-state index contributed by atoms with van der Waals surface area (Å²) in [6, 6.07) is 15.4. The van der Waals surface area contributed by atoms with Crippen molar-refractivity contribution in [2.45, 2.75) is 32.4 Å². The molecule has 1 aliphatic rings. The van der Waals surface area contributed by atoms with E-state index in [2.05, 4.69) is 39.7 Å². The van der Waals surface area contributed by atoms with Gasteiger partial charge in [-0.2, -0.15) is 0 Å². The van der Waals surface area contributed by atoms with Crippen molar-refractivity contribution in [3.8, 4) is 5.75 Å². The highest BCUT2D eigenvalue weighted by Gasteiger charge is 2.21. The maximum Gasteiger partial charge on any atom is 0.258 e. The standard InChI is InChI=1S/C25H32N4O3/c1-18(2)20-7-4-6-10-23(20)32-17-19(30)15-28-11-13-29(14-12-28)16-24-26-22-9-5-3-8-21(22)25(31)27-24/h3-10,18-19,30H,11-17H2,1-2H3,(H,26,27,31). The van der Waals surface area contributed by atoms with Gasteiger partial charge < -0.3 is 14.8 Å². The van der Waals surface area contributed by atoms with E-state index < -0.39 is 6.10 Å². The molecule has 0 spiro atoms. The van der Waals surface area contributed by atoms with Crippen LogP contribution in [0, 0.1) is 0 Å². The van der Waals surface area contributed by atoms with Gasteiger partial charge in [-0.15, -0.1) is 0 Å². The zero-order valence-corrected chi connectivity index (χ0v) is 18.8. The second-order valence-electron chi connectivity index (χ2n) is 8.76. The van der Waals surface area contributed by atoms with Crippen LogP contribution in [-0.4, -0.2) is 70.3 Å². The summed E-state index contributed by atoms with van der Waals surface area (Å²) >= 11 is 0. The Morgan fingerprint density at radius 3 is 2.50 bits per heavy atom. The topological polar surface area (TPSA) is 81.7 Å². The number of piperazine rings is 1. The van der Waals surface area contributed by atoms with Crippen molar-refractivity contribution in [1.82, 2.24) is 19.8 Å². The molecule has 7 heteroatoms. The molecule has 2 aromatic carbocycles. The molecule has 1 saturated heterocycles. The quantitative estimate of drug-likeness (QED) is 0.565. The van der Waals surface area contributed by atoms with Gasteiger partial charge in [0.05, 0.1) is 17.4 Å². The predicted molar refractivity (Wildman–Crippen MR) is 126 cm³/mol. The number of aliphatic hydroxyl groups is 1. The van der Waals surface area contributed by atoms with Gasteiger partial charge in [0.25, 0.3) is 5.56 Å². The van der Waals surface area contributed by atoms with Crippen LogP contribution in [0.1, 0.15) is 31.2 Å². The van der Waals surface area contributed by atoms with Gasteiger partial charge >= 0.3 is 0 Å². The van der Waals surface area contributed by atoms with Crippen LogP contribution in [0.25, 0.3) is 10.9 Å². The number of hydrogen-bond acceptors (Lipinski definition) is 6. The third-order valence-corrected chi connectivity index (χ3v) is 5.94. The van der Waals surface area contributed by atoms with Crippen LogP contribution >= 0.6 is 0 Å². The van der Waals surface area contributed by atoms with Crippen molar-refractivity contribution < 1.29 is 9.84 Å². The molecule has 1 aliphatic heterocycles. The predicted octanol–water partition coefficient (Wildman–Crippen LogP) is 2.60. The number of aliphatic hydroxyl groups excluding tert-OH is 1. The van der Waals surface area contributed by atoms with Gasteiger partial charge in [-0.1, -0.05) is 44.2 Å². The van der Waals surface area contributed by atoms with Gasteiger partial charge in [-0.25, -0.2) is 4.98 Å². The highest BCUT2D eigenvalue weighted by molar-refractivity contribution is 5.77. The summed E-state index contributed by atoms with van der Waals surface area (Å²) < 4.78 is 5.92. The van der Waals surface area contributed by atoms with E-state index in [-0.39, 0.29) is 12.2 Å². The zero-order chi connectivity index (χ0) is 22.5. The molecule has 0 radical (unpaired) electrons. The Hall–Kier alpha value is -2.74. The van der Waals surface area contributed by atoms with Crippen molar-refractivity contribution in [2.75, 3.05) is 39.3 Å². The molecule has 4 rings (SSSR count). The van der Waals surface area contributed by atoms with E-state index in [0.717, 1.165) is 43.0 Å². The summed E-state index contributed by atoms with van der Waals surface area (Å²) in [6.45, 7) is 9.21. The third-order valence-electron chi connectivity index (χ3n) is 5.94. The third kappa shape index (κ3) is 5.54. The molecule has 2 heterocycles. The number of β-amino-alcohol motifs (C(OH)–C–C–N with tert-alkyl or cyclic N) is 1. The lowest BCUT2D eigenvalue weighted by Gasteiger charge is -2.35. The van der Waals surface area contributed by atoms with Crippen molar-refractivity contribution in [3.63, 3.8) is 0 Å². The average molecular weight is 437 g/mol. The average Bonchev–Trinajstić information content (AvgIpc) is 2.79. The number of benzene rings is 2. The minimum Gasteiger partial charge on any atom is -0.491 e. The molecule has 0 aliphatic carbocycles. The van der Waals surface area contributed by atoms with Gasteiger partial charge in [-0.05, 0) is 29.7 Å². The molecule has 1 aromatic heterocycles. The number of nitrogens with zero attached hydrogens (tertiary/aromatic N) is 3. The van der Waals surface area contributed by atoms with E-state index in [1.807, 2.05) is 36.4 Å². The first-order valence-corrected chi connectivity index (χ1v) is 11.3. The van der Waals surface area contributed by atoms with Gasteiger partial charge in [0, 0.05) is 32.7 Å². The number of H-pyrrole nitrogens is 1. The van der Waals surface area contributed by atoms with E-state index >= 15 is 0 Å². The number of fused-ring (bicyclic) bond motifs is 1. The summed E-state index contributed by atoms with van der Waals surface area (Å²) in [4.78, 5) is 24.3. The Balaban J connectivity index is 1.25. The number of aromatic amines is 1. The minimum atomic E-state index is -0.541. The molecule has 1 atom stereocenters. The SMILES string of the molecule is CC(C)c1ccccc1OCC(O)CN1CCN(Cc2nc3ccccc3c(=O)[nH]2)CC1. The Morgan fingerprint density at radius 1 is 1.03 bits per heavy atom. The van der Waals surface area contributed by atoms with Crippen LogP contribution < -0.4 is 10.3 Å². The normalized spacial score (nSPS) is 16.5. The smallest absolute Gasteiger partial charge is 0.258 e. The van der Waals surface area contributed by atoms with E-state index in [1.54, 1.807) is 6.07 Å². The molecule has 0 amide bonds. The summed E-state index contributed by atoms with van der Waals surface area (Å²) in [5.41, 5.74) is 1.80. The minimum absolute atomic E-state index is 0.0913. The highest BCUT2D eigenvalue weighted by Crippen LogP contribution is 2.26. The summed E-state index contributed by atoms with van der Waals surface area (Å²) in [5.74, 6) is 1.92. The molecule has 0 saturated carbocycles. The van der Waals surface area contributed by atoms with Crippen LogP contribution in [0.2, 0.25) is 0 Å². The fourth-order valence-corrected chi connectivity index (χ4v) is 4.18. The number of nitrogens with one attached hydrogen (secondary N) is 1. The van der Waals surface area contributed by atoms with Crippen molar-refractivity contribution in [3.05, 3.63) is 70.3 Å². The Morgan fingerprint density at radius 2 is 1.72 bits per heavy atom. The number of ether oxygens (including phenoxy) is 1. The number of rotatable bonds is 8. The lowest BCUT2D eigenvalue weighted by molar-refractivity contribution is 0.0439. The summed E-state index contributed by atoms with van der Waals surface area (Å²) in [5, 5.41) is 11.1. The molecule has 7 nitrogen and oxygen atoms in total. The molecule has 1 unspecified atom stereocenters. The molecule has 170 valence electrons. The summed E-state index contributed by atoms with van der Waals surface area (Å²) in [6.07, 6.45) is -0.541. The van der Waals surface area contributed by atoms with Crippen LogP contribution in [-0.2, 0) is 6.54 Å². The molecule has 32 heavy (non-hydrogen) atoms. The van der Waals surface area contributed by atoms with Gasteiger partial charge in [0.1, 0.15) is 24.3 Å². The second-order valence-corrected chi connectivity index (χ2v) is 8.76. The zero-order valence-electron chi connectivity index (χ0n) is 18.8. The molecule has 1 fully saturated rings. The second kappa shape index (κ2) is 10.3.